The van der Waals surface area contributed by atoms with Crippen LogP contribution in [0, 0.1) is 0 Å². The molecule has 0 fully saturated rings. The van der Waals surface area contributed by atoms with Gasteiger partial charge in [0, 0.05) is 0 Å². The van der Waals surface area contributed by atoms with E-state index in [2.05, 4.69) is 41.6 Å². The van der Waals surface area contributed by atoms with Gasteiger partial charge in [0.1, 0.15) is 42.0 Å². The molecular weight excluding hydrogens is 485 g/mol. The summed E-state index contributed by atoms with van der Waals surface area (Å²) in [4.78, 5) is 18.2. The summed E-state index contributed by atoms with van der Waals surface area (Å²) in [5.74, 6) is -0.457. The zero-order chi connectivity index (χ0) is 22.3. The summed E-state index contributed by atoms with van der Waals surface area (Å²) >= 11 is 0. The van der Waals surface area contributed by atoms with Gasteiger partial charge in [-0.05, 0) is 57.2 Å². The van der Waals surface area contributed by atoms with Crippen LogP contribution in [-0.4, -0.2) is 30.6 Å². The number of carbonyl (C=O) groups is 1. The van der Waals surface area contributed by atoms with Crippen LogP contribution in [0.5, 0.6) is 0 Å². The summed E-state index contributed by atoms with van der Waals surface area (Å²) in [6, 6.07) is 31.0. The van der Waals surface area contributed by atoms with E-state index >= 15 is 0 Å². The molecule has 0 heterocycles. The van der Waals surface area contributed by atoms with E-state index in [9.17, 15) is 4.79 Å². The number of hydrogen-bond donors (Lipinski definition) is 0. The van der Waals surface area contributed by atoms with Crippen LogP contribution < -0.4 is 32.9 Å². The van der Waals surface area contributed by atoms with E-state index in [4.69, 9.17) is 9.57 Å². The van der Waals surface area contributed by atoms with E-state index in [1.54, 1.807) is 0 Å². The van der Waals surface area contributed by atoms with Crippen molar-refractivity contribution in [2.45, 2.75) is 26.4 Å². The molecule has 0 bridgehead atoms. The van der Waals surface area contributed by atoms with Crippen LogP contribution in [0.2, 0.25) is 0 Å². The van der Waals surface area contributed by atoms with Gasteiger partial charge in [0.2, 0.25) is 5.71 Å². The largest absolute Gasteiger partial charge is 1.00 e. The van der Waals surface area contributed by atoms with Crippen molar-refractivity contribution in [1.82, 2.24) is 0 Å². The topological polar surface area (TPSA) is 47.9 Å². The molecule has 3 rings (SSSR count). The third kappa shape index (κ3) is 6.05. The average Bonchev–Trinajstić information content (AvgIpc) is 2.77. The van der Waals surface area contributed by atoms with E-state index in [0.717, 1.165) is 0 Å². The smallest absolute Gasteiger partial charge is 0.360 e. The van der Waals surface area contributed by atoms with Crippen molar-refractivity contribution >= 4 is 34.9 Å². The second-order valence-electron chi connectivity index (χ2n) is 8.20. The van der Waals surface area contributed by atoms with E-state index in [0.29, 0.717) is 6.16 Å². The molecule has 0 saturated carbocycles. The minimum atomic E-state index is -2.27. The van der Waals surface area contributed by atoms with Crippen LogP contribution in [0.15, 0.2) is 96.2 Å². The lowest BCUT2D eigenvalue weighted by atomic mass is 10.2. The number of hydrogen-bond acceptors (Lipinski definition) is 4. The third-order valence-corrected chi connectivity index (χ3v) is 9.13. The highest BCUT2D eigenvalue weighted by Gasteiger charge is 2.48. The Kier molecular flexibility index (Phi) is 9.18. The average molecular weight is 514 g/mol. The highest BCUT2D eigenvalue weighted by molar-refractivity contribution is 7.96. The first-order valence-corrected chi connectivity index (χ1v) is 12.2. The molecule has 0 aliphatic carbocycles. The molecule has 0 unspecified atom stereocenters. The van der Waals surface area contributed by atoms with E-state index in [1.165, 1.54) is 23.0 Å². The van der Waals surface area contributed by atoms with Gasteiger partial charge in [-0.1, -0.05) is 59.8 Å². The molecular formula is C26H29BrNO3P. The van der Waals surface area contributed by atoms with Gasteiger partial charge in [0.25, 0.3) is 0 Å². The lowest BCUT2D eigenvalue weighted by Crippen LogP contribution is -3.00. The van der Waals surface area contributed by atoms with Crippen molar-refractivity contribution in [3.05, 3.63) is 91.0 Å². The molecule has 0 spiro atoms. The third-order valence-electron chi connectivity index (χ3n) is 4.81. The Morgan fingerprint density at radius 3 is 1.47 bits per heavy atom. The number of ether oxygens (including phenoxy) is 1. The van der Waals surface area contributed by atoms with Crippen LogP contribution >= 0.6 is 7.26 Å². The van der Waals surface area contributed by atoms with E-state index in [1.807, 2.05) is 75.4 Å². The number of nitrogens with zero attached hydrogens (tertiary/aromatic N) is 1. The Bertz CT molecular complexity index is 923. The van der Waals surface area contributed by atoms with E-state index in [-0.39, 0.29) is 22.7 Å². The molecule has 0 atom stereocenters. The molecule has 6 heteroatoms. The molecule has 3 aromatic carbocycles. The minimum absolute atomic E-state index is 0. The molecule has 32 heavy (non-hydrogen) atoms. The van der Waals surface area contributed by atoms with Crippen molar-refractivity contribution in [1.29, 1.82) is 0 Å². The summed E-state index contributed by atoms with van der Waals surface area (Å²) in [5, 5.41) is 7.64. The normalized spacial score (nSPS) is 11.9. The Morgan fingerprint density at radius 2 is 1.16 bits per heavy atom. The number of rotatable bonds is 7. The molecule has 4 nitrogen and oxygen atoms in total. The van der Waals surface area contributed by atoms with Gasteiger partial charge in [-0.3, -0.25) is 0 Å². The first-order chi connectivity index (χ1) is 14.9. The fourth-order valence-corrected chi connectivity index (χ4v) is 7.69. The number of esters is 1. The fourth-order valence-electron chi connectivity index (χ4n) is 3.57. The minimum Gasteiger partial charge on any atom is -1.00 e. The number of benzene rings is 3. The molecule has 0 aromatic heterocycles. The highest BCUT2D eigenvalue weighted by Crippen LogP contribution is 2.55. The van der Waals surface area contributed by atoms with Crippen molar-refractivity contribution in [3.8, 4) is 0 Å². The molecule has 168 valence electrons. The Balaban J connectivity index is 0.00000363. The summed E-state index contributed by atoms with van der Waals surface area (Å²) in [6.07, 6.45) is 0.397. The number of oxime groups is 1. The van der Waals surface area contributed by atoms with Gasteiger partial charge in [-0.15, -0.1) is 0 Å². The van der Waals surface area contributed by atoms with Gasteiger partial charge in [0.15, 0.2) is 0 Å². The molecule has 0 aliphatic heterocycles. The van der Waals surface area contributed by atoms with Gasteiger partial charge < -0.3 is 26.6 Å². The lowest BCUT2D eigenvalue weighted by molar-refractivity contribution is -0.146. The Hall–Kier alpha value is -2.49. The molecule has 0 saturated heterocycles. The quantitative estimate of drug-likeness (QED) is 0.207. The number of halogens is 1. The SMILES string of the molecule is CON=C(C[P+](c1ccccc1)(c1ccccc1)c1ccccc1)C(=O)OC(C)(C)C.[Br-]. The summed E-state index contributed by atoms with van der Waals surface area (Å²) in [5.41, 5.74) is -0.346. The van der Waals surface area contributed by atoms with Crippen molar-refractivity contribution in [2.24, 2.45) is 5.16 Å². The zero-order valence-electron chi connectivity index (χ0n) is 18.9. The zero-order valence-corrected chi connectivity index (χ0v) is 21.3. The van der Waals surface area contributed by atoms with Crippen molar-refractivity contribution < 1.29 is 31.4 Å². The maximum Gasteiger partial charge on any atom is 0.360 e. The van der Waals surface area contributed by atoms with Gasteiger partial charge >= 0.3 is 5.97 Å². The maximum atomic E-state index is 13.1. The Labute approximate surface area is 201 Å². The molecule has 0 N–H and O–H groups in total. The lowest BCUT2D eigenvalue weighted by Gasteiger charge is -2.28. The van der Waals surface area contributed by atoms with Crippen LogP contribution in [0.3, 0.4) is 0 Å². The predicted octanol–water partition coefficient (Wildman–Crippen LogP) is 1.33. The standard InChI is InChI=1S/C26H29NO3P.BrH/c1-26(2,3)30-25(28)24(27-29-4)20-31(21-14-8-5-9-15-21,22-16-10-6-11-17-22)23-18-12-7-13-19-23;/h5-19H,20H2,1-4H3;1H/q+1;/p-1. The van der Waals surface area contributed by atoms with Crippen LogP contribution in [0.25, 0.3) is 0 Å². The molecule has 0 amide bonds. The van der Waals surface area contributed by atoms with Gasteiger partial charge in [-0.25, -0.2) is 4.79 Å². The van der Waals surface area contributed by atoms with Gasteiger partial charge in [0.05, 0.1) is 0 Å². The monoisotopic (exact) mass is 513 g/mol. The molecule has 0 radical (unpaired) electrons. The van der Waals surface area contributed by atoms with Crippen LogP contribution in [0.1, 0.15) is 20.8 Å². The summed E-state index contributed by atoms with van der Waals surface area (Å²) in [6.45, 7) is 5.55. The van der Waals surface area contributed by atoms with Crippen LogP contribution in [0.4, 0.5) is 0 Å². The first kappa shape index (κ1) is 25.8. The second kappa shape index (κ2) is 11.4. The fraction of sp³-hybridized carbons (Fsp3) is 0.231. The van der Waals surface area contributed by atoms with Crippen molar-refractivity contribution in [2.75, 3.05) is 13.3 Å². The second-order valence-corrected chi connectivity index (χ2v) is 11.7. The summed E-state index contributed by atoms with van der Waals surface area (Å²) < 4.78 is 5.67. The number of carbonyl (C=O) groups excluding carboxylic acids is 1. The molecule has 0 aliphatic rings. The van der Waals surface area contributed by atoms with Crippen LogP contribution in [-0.2, 0) is 14.4 Å². The highest BCUT2D eigenvalue weighted by atomic mass is 79.9. The molecule has 3 aromatic rings. The summed E-state index contributed by atoms with van der Waals surface area (Å²) in [7, 11) is -0.814. The van der Waals surface area contributed by atoms with Crippen molar-refractivity contribution in [3.63, 3.8) is 0 Å². The first-order valence-electron chi connectivity index (χ1n) is 10.2. The maximum absolute atomic E-state index is 13.1. The predicted molar refractivity (Wildman–Crippen MR) is 130 cm³/mol. The van der Waals surface area contributed by atoms with Gasteiger partial charge in [-0.2, -0.15) is 0 Å². The Morgan fingerprint density at radius 1 is 0.781 bits per heavy atom. The van der Waals surface area contributed by atoms with E-state index < -0.39 is 18.8 Å².